The molecule has 0 radical (unpaired) electrons. The first-order valence-corrected chi connectivity index (χ1v) is 9.72. The first-order chi connectivity index (χ1) is 12.8. The van der Waals surface area contributed by atoms with Gasteiger partial charge in [-0.05, 0) is 56.8 Å². The molecule has 2 aromatic rings. The van der Waals surface area contributed by atoms with E-state index in [-0.39, 0.29) is 5.91 Å². The maximum Gasteiger partial charge on any atom is 0.241 e. The molecule has 1 saturated carbocycles. The summed E-state index contributed by atoms with van der Waals surface area (Å²) in [6.07, 6.45) is 5.29. The predicted molar refractivity (Wildman–Crippen MR) is 97.2 cm³/mol. The van der Waals surface area contributed by atoms with Crippen molar-refractivity contribution in [1.82, 2.24) is 15.1 Å². The van der Waals surface area contributed by atoms with E-state index in [1.54, 1.807) is 0 Å². The summed E-state index contributed by atoms with van der Waals surface area (Å²) in [5, 5.41) is 8.47. The van der Waals surface area contributed by atoms with Crippen LogP contribution in [0.4, 0.5) is 5.69 Å². The van der Waals surface area contributed by atoms with Crippen molar-refractivity contribution in [3.63, 3.8) is 0 Å². The number of anilines is 1. The molecule has 0 bridgehead atoms. The van der Waals surface area contributed by atoms with Crippen molar-refractivity contribution in [2.24, 2.45) is 0 Å². The molecule has 1 aromatic heterocycles. The maximum absolute atomic E-state index is 12.8. The van der Waals surface area contributed by atoms with Gasteiger partial charge < -0.3 is 9.32 Å². The molecule has 26 heavy (non-hydrogen) atoms. The van der Waals surface area contributed by atoms with E-state index in [4.69, 9.17) is 4.42 Å². The highest BCUT2D eigenvalue weighted by atomic mass is 16.4. The average Bonchev–Trinajstić information content (AvgIpc) is 3.24. The molecule has 1 aliphatic carbocycles. The third kappa shape index (κ3) is 3.03. The van der Waals surface area contributed by atoms with E-state index in [0.29, 0.717) is 18.4 Å². The second-order valence-corrected chi connectivity index (χ2v) is 7.73. The van der Waals surface area contributed by atoms with Gasteiger partial charge in [0, 0.05) is 24.1 Å². The molecule has 2 fully saturated rings. The molecule has 1 aromatic carbocycles. The molecule has 6 nitrogen and oxygen atoms in total. The minimum atomic E-state index is 0.210. The SMILES string of the molecule is O=C(CN1CCC(c2nnc(C3CC3)o2)CC1)N1CCc2ccccc21. The van der Waals surface area contributed by atoms with Gasteiger partial charge in [-0.15, -0.1) is 10.2 Å². The molecular weight excluding hydrogens is 328 g/mol. The molecule has 1 amide bonds. The van der Waals surface area contributed by atoms with E-state index in [0.717, 1.165) is 56.4 Å². The number of likely N-dealkylation sites (tertiary alicyclic amines) is 1. The standard InChI is InChI=1S/C20H24N4O2/c25-18(24-12-9-14-3-1-2-4-17(14)24)13-23-10-7-16(8-11-23)20-22-21-19(26-20)15-5-6-15/h1-4,15-16H,5-13H2. The highest BCUT2D eigenvalue weighted by molar-refractivity contribution is 5.96. The summed E-state index contributed by atoms with van der Waals surface area (Å²) in [4.78, 5) is 17.0. The fourth-order valence-electron chi connectivity index (χ4n) is 4.12. The van der Waals surface area contributed by atoms with Crippen LogP contribution in [0.3, 0.4) is 0 Å². The van der Waals surface area contributed by atoms with Gasteiger partial charge in [0.1, 0.15) is 0 Å². The van der Waals surface area contributed by atoms with Gasteiger partial charge in [0.05, 0.1) is 6.54 Å². The molecule has 0 spiro atoms. The average molecular weight is 352 g/mol. The van der Waals surface area contributed by atoms with E-state index in [1.165, 1.54) is 18.4 Å². The molecule has 3 heterocycles. The number of carbonyl (C=O) groups is 1. The topological polar surface area (TPSA) is 62.5 Å². The van der Waals surface area contributed by atoms with Gasteiger partial charge in [-0.2, -0.15) is 0 Å². The van der Waals surface area contributed by atoms with Gasteiger partial charge in [0.15, 0.2) is 0 Å². The molecule has 5 rings (SSSR count). The summed E-state index contributed by atoms with van der Waals surface area (Å²) < 4.78 is 5.87. The van der Waals surface area contributed by atoms with Gasteiger partial charge >= 0.3 is 0 Å². The lowest BCUT2D eigenvalue weighted by molar-refractivity contribution is -0.119. The number of hydrogen-bond acceptors (Lipinski definition) is 5. The van der Waals surface area contributed by atoms with E-state index < -0.39 is 0 Å². The molecule has 136 valence electrons. The zero-order valence-electron chi connectivity index (χ0n) is 14.9. The van der Waals surface area contributed by atoms with Crippen molar-refractivity contribution in [2.45, 2.75) is 43.9 Å². The molecule has 0 atom stereocenters. The second-order valence-electron chi connectivity index (χ2n) is 7.73. The summed E-state index contributed by atoms with van der Waals surface area (Å²) in [6.45, 7) is 3.12. The molecule has 2 aliphatic heterocycles. The van der Waals surface area contributed by atoms with E-state index >= 15 is 0 Å². The van der Waals surface area contributed by atoms with Crippen LogP contribution in [-0.2, 0) is 11.2 Å². The Balaban J connectivity index is 1.16. The van der Waals surface area contributed by atoms with Gasteiger partial charge in [-0.1, -0.05) is 18.2 Å². The Morgan fingerprint density at radius 3 is 2.42 bits per heavy atom. The summed E-state index contributed by atoms with van der Waals surface area (Å²) in [6, 6.07) is 8.23. The van der Waals surface area contributed by atoms with Crippen LogP contribution < -0.4 is 4.90 Å². The number of rotatable bonds is 4. The number of amides is 1. The van der Waals surface area contributed by atoms with Crippen molar-refractivity contribution >= 4 is 11.6 Å². The van der Waals surface area contributed by atoms with Crippen molar-refractivity contribution in [2.75, 3.05) is 31.1 Å². The molecule has 0 unspecified atom stereocenters. The minimum absolute atomic E-state index is 0.210. The molecule has 1 saturated heterocycles. The Bertz CT molecular complexity index is 806. The third-order valence-electron chi connectivity index (χ3n) is 5.87. The minimum Gasteiger partial charge on any atom is -0.425 e. The normalized spacial score (nSPS) is 21.2. The second kappa shape index (κ2) is 6.50. The highest BCUT2D eigenvalue weighted by Gasteiger charge is 2.32. The number of fused-ring (bicyclic) bond motifs is 1. The van der Waals surface area contributed by atoms with Gasteiger partial charge in [0.2, 0.25) is 17.7 Å². The zero-order chi connectivity index (χ0) is 17.5. The first kappa shape index (κ1) is 16.0. The van der Waals surface area contributed by atoms with E-state index in [1.807, 2.05) is 17.0 Å². The molecule has 0 N–H and O–H groups in total. The Morgan fingerprint density at radius 2 is 1.69 bits per heavy atom. The number of benzene rings is 1. The van der Waals surface area contributed by atoms with Crippen LogP contribution in [0, 0.1) is 0 Å². The van der Waals surface area contributed by atoms with E-state index in [9.17, 15) is 4.79 Å². The summed E-state index contributed by atoms with van der Waals surface area (Å²) >= 11 is 0. The maximum atomic E-state index is 12.8. The van der Waals surface area contributed by atoms with Crippen LogP contribution in [0.1, 0.15) is 54.9 Å². The van der Waals surface area contributed by atoms with Gasteiger partial charge in [-0.25, -0.2) is 0 Å². The predicted octanol–water partition coefficient (Wildman–Crippen LogP) is 2.72. The fourth-order valence-corrected chi connectivity index (χ4v) is 4.12. The number of carbonyl (C=O) groups excluding carboxylic acids is 1. The van der Waals surface area contributed by atoms with Crippen LogP contribution in [0.5, 0.6) is 0 Å². The van der Waals surface area contributed by atoms with Crippen molar-refractivity contribution in [3.8, 4) is 0 Å². The first-order valence-electron chi connectivity index (χ1n) is 9.72. The van der Waals surface area contributed by atoms with Crippen LogP contribution in [0.25, 0.3) is 0 Å². The van der Waals surface area contributed by atoms with Crippen LogP contribution in [-0.4, -0.2) is 47.2 Å². The number of hydrogen-bond donors (Lipinski definition) is 0. The monoisotopic (exact) mass is 352 g/mol. The third-order valence-corrected chi connectivity index (χ3v) is 5.87. The van der Waals surface area contributed by atoms with E-state index in [2.05, 4.69) is 27.2 Å². The Kier molecular flexibility index (Phi) is 4.00. The summed E-state index contributed by atoms with van der Waals surface area (Å²) in [5.41, 5.74) is 2.37. The fraction of sp³-hybridized carbons (Fsp3) is 0.550. The molecular formula is C20H24N4O2. The van der Waals surface area contributed by atoms with Crippen molar-refractivity contribution in [3.05, 3.63) is 41.6 Å². The van der Waals surface area contributed by atoms with Crippen molar-refractivity contribution in [1.29, 1.82) is 0 Å². The zero-order valence-corrected chi connectivity index (χ0v) is 14.9. The quantitative estimate of drug-likeness (QED) is 0.847. The largest absolute Gasteiger partial charge is 0.425 e. The Morgan fingerprint density at radius 1 is 1.00 bits per heavy atom. The lowest BCUT2D eigenvalue weighted by atomic mass is 9.97. The Labute approximate surface area is 153 Å². The number of piperidine rings is 1. The lowest BCUT2D eigenvalue weighted by Gasteiger charge is -2.31. The Hall–Kier alpha value is -2.21. The summed E-state index contributed by atoms with van der Waals surface area (Å²) in [5.74, 6) is 2.69. The van der Waals surface area contributed by atoms with Crippen LogP contribution >= 0.6 is 0 Å². The van der Waals surface area contributed by atoms with Crippen LogP contribution in [0.15, 0.2) is 28.7 Å². The number of aromatic nitrogens is 2. The number of nitrogens with zero attached hydrogens (tertiary/aromatic N) is 4. The lowest BCUT2D eigenvalue weighted by Crippen LogP contribution is -2.42. The summed E-state index contributed by atoms with van der Waals surface area (Å²) in [7, 11) is 0. The molecule has 3 aliphatic rings. The van der Waals surface area contributed by atoms with Crippen LogP contribution in [0.2, 0.25) is 0 Å². The van der Waals surface area contributed by atoms with Gasteiger partial charge in [0.25, 0.3) is 0 Å². The molecule has 6 heteroatoms. The van der Waals surface area contributed by atoms with Gasteiger partial charge in [-0.3, -0.25) is 9.69 Å². The highest BCUT2D eigenvalue weighted by Crippen LogP contribution is 2.40. The number of para-hydroxylation sites is 1. The smallest absolute Gasteiger partial charge is 0.241 e. The van der Waals surface area contributed by atoms with Crippen molar-refractivity contribution < 1.29 is 9.21 Å².